The van der Waals surface area contributed by atoms with Crippen LogP contribution in [0.2, 0.25) is 0 Å². The fourth-order valence-electron chi connectivity index (χ4n) is 3.24. The van der Waals surface area contributed by atoms with Gasteiger partial charge in [-0.05, 0) is 24.5 Å². The van der Waals surface area contributed by atoms with Crippen LogP contribution in [0.5, 0.6) is 0 Å². The van der Waals surface area contributed by atoms with Gasteiger partial charge in [-0.1, -0.05) is 54.9 Å². The Morgan fingerprint density at radius 3 is 2.62 bits per heavy atom. The fourth-order valence-corrected chi connectivity index (χ4v) is 4.00. The van der Waals surface area contributed by atoms with Crippen LogP contribution in [0.4, 0.5) is 4.79 Å². The molecule has 0 bridgehead atoms. The molecule has 5 nitrogen and oxygen atoms in total. The first-order valence-electron chi connectivity index (χ1n) is 8.17. The second kappa shape index (κ2) is 7.66. The first kappa shape index (κ1) is 16.8. The number of hydrogen-bond acceptors (Lipinski definition) is 4. The third-order valence-electron chi connectivity index (χ3n) is 4.40. The van der Waals surface area contributed by atoms with Crippen molar-refractivity contribution in [3.63, 3.8) is 0 Å². The molecule has 1 aromatic carbocycles. The highest BCUT2D eigenvalue weighted by Crippen LogP contribution is 2.30. The first-order chi connectivity index (χ1) is 11.6. The lowest BCUT2D eigenvalue weighted by Gasteiger charge is -2.36. The van der Waals surface area contributed by atoms with Gasteiger partial charge >= 0.3 is 0 Å². The van der Waals surface area contributed by atoms with E-state index in [0.717, 1.165) is 43.0 Å². The Kier molecular flexibility index (Phi) is 5.35. The van der Waals surface area contributed by atoms with Gasteiger partial charge in [-0.2, -0.15) is 0 Å². The Morgan fingerprint density at radius 1 is 1.17 bits per heavy atom. The molecule has 3 amide bonds. The van der Waals surface area contributed by atoms with Gasteiger partial charge in [-0.15, -0.1) is 0 Å². The largest absolute Gasteiger partial charge is 0.348 e. The van der Waals surface area contributed by atoms with Crippen LogP contribution < -0.4 is 5.32 Å². The van der Waals surface area contributed by atoms with Gasteiger partial charge in [0.1, 0.15) is 0 Å². The van der Waals surface area contributed by atoms with E-state index in [2.05, 4.69) is 5.32 Å². The summed E-state index contributed by atoms with van der Waals surface area (Å²) in [7, 11) is 0. The van der Waals surface area contributed by atoms with E-state index in [1.807, 2.05) is 30.3 Å². The van der Waals surface area contributed by atoms with Gasteiger partial charge in [0.15, 0.2) is 0 Å². The number of rotatable bonds is 4. The molecule has 0 aromatic heterocycles. The maximum absolute atomic E-state index is 12.2. The third-order valence-corrected chi connectivity index (χ3v) is 5.23. The predicted octanol–water partition coefficient (Wildman–Crippen LogP) is 2.82. The number of carbonyl (C=O) groups is 3. The Balaban J connectivity index is 1.65. The molecule has 3 rings (SSSR count). The highest BCUT2D eigenvalue weighted by Gasteiger charge is 2.40. The van der Waals surface area contributed by atoms with Crippen molar-refractivity contribution in [2.45, 2.75) is 37.8 Å². The number of thioether (sulfide) groups is 1. The molecule has 1 aliphatic heterocycles. The average Bonchev–Trinajstić information content (AvgIpc) is 2.93. The number of hydrogen-bond donors (Lipinski definition) is 1. The molecule has 2 atom stereocenters. The van der Waals surface area contributed by atoms with E-state index in [4.69, 9.17) is 0 Å². The zero-order chi connectivity index (χ0) is 16.9. The topological polar surface area (TPSA) is 66.5 Å². The molecular formula is C18H20N2O3S. The van der Waals surface area contributed by atoms with Gasteiger partial charge in [0.05, 0.1) is 17.8 Å². The fraction of sp³-hybridized carbons (Fsp3) is 0.389. The molecule has 1 heterocycles. The molecule has 6 heteroatoms. The van der Waals surface area contributed by atoms with Gasteiger partial charge in [-0.3, -0.25) is 19.3 Å². The van der Waals surface area contributed by atoms with Crippen molar-refractivity contribution in [2.24, 2.45) is 0 Å². The van der Waals surface area contributed by atoms with E-state index in [9.17, 15) is 14.4 Å². The van der Waals surface area contributed by atoms with Crippen LogP contribution in [-0.2, 0) is 9.59 Å². The monoisotopic (exact) mass is 344 g/mol. The Bertz CT molecular complexity index is 643. The molecule has 0 spiro atoms. The molecule has 126 valence electrons. The first-order valence-corrected chi connectivity index (χ1v) is 9.16. The molecular weight excluding hydrogens is 324 g/mol. The van der Waals surface area contributed by atoms with Crippen LogP contribution in [-0.4, -0.2) is 39.8 Å². The van der Waals surface area contributed by atoms with Crippen LogP contribution in [0, 0.1) is 0 Å². The minimum Gasteiger partial charge on any atom is -0.348 e. The van der Waals surface area contributed by atoms with Crippen molar-refractivity contribution in [3.8, 4) is 0 Å². The molecule has 1 saturated carbocycles. The van der Waals surface area contributed by atoms with Crippen LogP contribution in [0.1, 0.15) is 31.2 Å². The number of benzene rings is 1. The molecule has 2 aliphatic rings. The summed E-state index contributed by atoms with van der Waals surface area (Å²) in [5, 5.41) is 2.79. The number of amides is 3. The Morgan fingerprint density at radius 2 is 1.92 bits per heavy atom. The molecule has 24 heavy (non-hydrogen) atoms. The zero-order valence-corrected chi connectivity index (χ0v) is 14.1. The van der Waals surface area contributed by atoms with Crippen LogP contribution in [0.3, 0.4) is 0 Å². The summed E-state index contributed by atoms with van der Waals surface area (Å²) in [5.74, 6) is -0.123. The summed E-state index contributed by atoms with van der Waals surface area (Å²) in [6.07, 6.45) is 6.77. The lowest BCUT2D eigenvalue weighted by Crippen LogP contribution is -2.54. The minimum atomic E-state index is -0.220. The summed E-state index contributed by atoms with van der Waals surface area (Å²) in [6.45, 7) is 0. The Hall–Kier alpha value is -2.08. The normalized spacial score (nSPS) is 24.6. The van der Waals surface area contributed by atoms with Gasteiger partial charge < -0.3 is 5.32 Å². The van der Waals surface area contributed by atoms with E-state index in [-0.39, 0.29) is 34.9 Å². The number of carbonyl (C=O) groups excluding carboxylic acids is 3. The van der Waals surface area contributed by atoms with Gasteiger partial charge in [0, 0.05) is 6.08 Å². The number of nitrogens with one attached hydrogen (secondary N) is 1. The highest BCUT2D eigenvalue weighted by molar-refractivity contribution is 8.14. The van der Waals surface area contributed by atoms with Gasteiger partial charge in [-0.25, -0.2) is 0 Å². The molecule has 2 fully saturated rings. The smallest absolute Gasteiger partial charge is 0.289 e. The van der Waals surface area contributed by atoms with Gasteiger partial charge in [0.2, 0.25) is 11.8 Å². The Labute approximate surface area is 145 Å². The van der Waals surface area contributed by atoms with Crippen LogP contribution in [0.25, 0.3) is 6.08 Å². The maximum Gasteiger partial charge on any atom is 0.289 e. The summed E-state index contributed by atoms with van der Waals surface area (Å²) in [5.41, 5.74) is 0.953. The van der Waals surface area contributed by atoms with Crippen molar-refractivity contribution >= 4 is 34.9 Å². The average molecular weight is 344 g/mol. The second-order valence-electron chi connectivity index (χ2n) is 6.03. The molecule has 1 N–H and O–H groups in total. The second-order valence-corrected chi connectivity index (χ2v) is 6.96. The summed E-state index contributed by atoms with van der Waals surface area (Å²) >= 11 is 1.05. The lowest BCUT2D eigenvalue weighted by atomic mass is 9.89. The molecule has 1 aromatic rings. The summed E-state index contributed by atoms with van der Waals surface area (Å²) in [6, 6.07) is 9.21. The van der Waals surface area contributed by atoms with E-state index in [1.165, 1.54) is 11.0 Å². The highest BCUT2D eigenvalue weighted by atomic mass is 32.2. The maximum atomic E-state index is 12.2. The predicted molar refractivity (Wildman–Crippen MR) is 94.4 cm³/mol. The number of imide groups is 1. The van der Waals surface area contributed by atoms with Crippen LogP contribution in [0.15, 0.2) is 36.4 Å². The minimum absolute atomic E-state index is 0.143. The van der Waals surface area contributed by atoms with Gasteiger partial charge in [0.25, 0.3) is 5.24 Å². The van der Waals surface area contributed by atoms with E-state index in [1.54, 1.807) is 6.08 Å². The van der Waals surface area contributed by atoms with Crippen molar-refractivity contribution in [2.75, 3.05) is 5.75 Å². The van der Waals surface area contributed by atoms with E-state index >= 15 is 0 Å². The van der Waals surface area contributed by atoms with Crippen molar-refractivity contribution in [3.05, 3.63) is 42.0 Å². The molecule has 2 unspecified atom stereocenters. The molecule has 1 saturated heterocycles. The molecule has 1 aliphatic carbocycles. The lowest BCUT2D eigenvalue weighted by molar-refractivity contribution is -0.128. The summed E-state index contributed by atoms with van der Waals surface area (Å²) < 4.78 is 0. The van der Waals surface area contributed by atoms with Crippen molar-refractivity contribution < 1.29 is 14.4 Å². The molecule has 0 radical (unpaired) electrons. The third kappa shape index (κ3) is 3.87. The van der Waals surface area contributed by atoms with E-state index in [0.29, 0.717) is 0 Å². The van der Waals surface area contributed by atoms with E-state index < -0.39 is 0 Å². The van der Waals surface area contributed by atoms with Crippen LogP contribution >= 0.6 is 11.8 Å². The quantitative estimate of drug-likeness (QED) is 0.853. The zero-order valence-electron chi connectivity index (χ0n) is 13.3. The standard InChI is InChI=1S/C18H20N2O3S/c21-16(11-10-13-6-2-1-3-7-13)19-14-8-4-5-9-15(14)20-17(22)12-24-18(20)23/h1-3,6-7,10-11,14-15H,4-5,8-9,12H2,(H,19,21). The van der Waals surface area contributed by atoms with Crippen molar-refractivity contribution in [1.82, 2.24) is 10.2 Å². The van der Waals surface area contributed by atoms with Crippen molar-refractivity contribution in [1.29, 1.82) is 0 Å². The SMILES string of the molecule is O=C(C=Cc1ccccc1)NC1CCCCC1N1C(=O)CSC1=O. The summed E-state index contributed by atoms with van der Waals surface area (Å²) in [4.78, 5) is 37.5. The number of nitrogens with zero attached hydrogens (tertiary/aromatic N) is 1.